The number of nitrogens with zero attached hydrogens (tertiary/aromatic N) is 4. The summed E-state index contributed by atoms with van der Waals surface area (Å²) in [4.78, 5) is 4.82. The zero-order valence-electron chi connectivity index (χ0n) is 32.2. The normalized spacial score (nSPS) is 12.7. The molecule has 5 nitrogen and oxygen atoms in total. The third-order valence-corrected chi connectivity index (χ3v) is 10.2. The Morgan fingerprint density at radius 2 is 1.60 bits per heavy atom. The van der Waals surface area contributed by atoms with Crippen LogP contribution in [-0.4, -0.2) is 19.3 Å². The molecule has 274 valence electrons. The van der Waals surface area contributed by atoms with Gasteiger partial charge in [-0.05, 0) is 97.3 Å². The van der Waals surface area contributed by atoms with Crippen molar-refractivity contribution in [2.24, 2.45) is 11.8 Å². The van der Waals surface area contributed by atoms with Crippen molar-refractivity contribution in [1.82, 2.24) is 19.3 Å². The molecule has 0 aliphatic carbocycles. The third-order valence-electron chi connectivity index (χ3n) is 10.2. The number of fused-ring (bicyclic) bond motifs is 3. The molecular formula is C47H50N4OPt. The minimum absolute atomic E-state index is 0. The van der Waals surface area contributed by atoms with Crippen LogP contribution in [0.4, 0.5) is 0 Å². The van der Waals surface area contributed by atoms with Crippen molar-refractivity contribution in [2.75, 3.05) is 0 Å². The van der Waals surface area contributed by atoms with Crippen LogP contribution in [0, 0.1) is 44.7 Å². The van der Waals surface area contributed by atoms with Crippen LogP contribution in [0.15, 0.2) is 91.1 Å². The second-order valence-electron chi connectivity index (χ2n) is 15.2. The van der Waals surface area contributed by atoms with Crippen LogP contribution in [0.5, 0.6) is 11.5 Å². The van der Waals surface area contributed by atoms with Gasteiger partial charge in [-0.15, -0.1) is 35.7 Å². The van der Waals surface area contributed by atoms with E-state index >= 15 is 0 Å². The van der Waals surface area contributed by atoms with E-state index in [9.17, 15) is 0 Å². The van der Waals surface area contributed by atoms with Gasteiger partial charge >= 0.3 is 21.1 Å². The summed E-state index contributed by atoms with van der Waals surface area (Å²) in [6, 6.07) is 37.3. The van der Waals surface area contributed by atoms with Gasteiger partial charge in [0.1, 0.15) is 5.82 Å². The number of aryl methyl sites for hydroxylation is 2. The van der Waals surface area contributed by atoms with Crippen LogP contribution >= 0.6 is 0 Å². The van der Waals surface area contributed by atoms with Gasteiger partial charge in [0.05, 0.1) is 5.69 Å². The van der Waals surface area contributed by atoms with Gasteiger partial charge in [0, 0.05) is 34.5 Å². The number of ether oxygens (including phenoxy) is 1. The fraction of sp³-hybridized carbons (Fsp3) is 0.319. The Labute approximate surface area is 329 Å². The molecule has 0 aliphatic heterocycles. The molecule has 53 heavy (non-hydrogen) atoms. The summed E-state index contributed by atoms with van der Waals surface area (Å²) in [7, 11) is 0. The van der Waals surface area contributed by atoms with Gasteiger partial charge in [-0.25, -0.2) is 4.98 Å². The second-order valence-corrected chi connectivity index (χ2v) is 15.2. The molecule has 0 bridgehead atoms. The van der Waals surface area contributed by atoms with E-state index in [-0.39, 0.29) is 21.1 Å². The molecular weight excluding hydrogens is 832 g/mol. The molecule has 0 spiro atoms. The summed E-state index contributed by atoms with van der Waals surface area (Å²) >= 11 is 0. The Morgan fingerprint density at radius 3 is 2.34 bits per heavy atom. The first kappa shape index (κ1) is 38.3. The molecule has 0 aliphatic rings. The van der Waals surface area contributed by atoms with E-state index in [0.29, 0.717) is 29.3 Å². The summed E-state index contributed by atoms with van der Waals surface area (Å²) in [5, 5.41) is 7.34. The smallest absolute Gasteiger partial charge is 0.509 e. The van der Waals surface area contributed by atoms with Gasteiger partial charge in [-0.2, -0.15) is 16.7 Å². The van der Waals surface area contributed by atoms with Crippen molar-refractivity contribution in [3.63, 3.8) is 0 Å². The molecule has 2 unspecified atom stereocenters. The predicted molar refractivity (Wildman–Crippen MR) is 215 cm³/mol. The molecule has 0 N–H and O–H groups in total. The average Bonchev–Trinajstić information content (AvgIpc) is 3.60. The Hall–Kier alpha value is -4.47. The molecule has 7 aromatic rings. The molecule has 6 heteroatoms. The maximum Gasteiger partial charge on any atom is 2.00 e. The molecule has 7 rings (SSSR count). The van der Waals surface area contributed by atoms with Crippen molar-refractivity contribution in [3.05, 3.63) is 131 Å². The fourth-order valence-electron chi connectivity index (χ4n) is 7.90. The average molecular weight is 882 g/mol. The maximum atomic E-state index is 6.69. The minimum Gasteiger partial charge on any atom is -0.509 e. The Bertz CT molecular complexity index is 2350. The quantitative estimate of drug-likeness (QED) is 0.115. The van der Waals surface area contributed by atoms with Crippen LogP contribution < -0.4 is 4.74 Å². The van der Waals surface area contributed by atoms with Crippen LogP contribution in [-0.2, 0) is 27.5 Å². The van der Waals surface area contributed by atoms with Gasteiger partial charge in [-0.1, -0.05) is 95.4 Å². The fourth-order valence-corrected chi connectivity index (χ4v) is 7.90. The molecule has 2 atom stereocenters. The van der Waals surface area contributed by atoms with Crippen molar-refractivity contribution in [3.8, 4) is 34.1 Å². The van der Waals surface area contributed by atoms with Crippen molar-refractivity contribution in [1.29, 1.82) is 0 Å². The Kier molecular flexibility index (Phi) is 11.7. The first-order valence-electron chi connectivity index (χ1n) is 18.9. The molecule has 3 aromatic heterocycles. The van der Waals surface area contributed by atoms with Gasteiger partial charge in [0.15, 0.2) is 0 Å². The standard InChI is InChI=1S/C47H50N4O.Pt/c1-9-13-31(4)23-33(6)38-16-19-44-43(27-38)42-18-17-40(29-45(42)50(44)46-24-32(5)20-21-48-46)52-41-26-36(22-30(2)3)25-39(28-41)51-35(8)47(34(7)49-51)37-14-11-10-12-15-37;/h10-12,14-21,24-27,30-31,33H,9,13,22-23H2,1-8H3;/q-2;+2. The van der Waals surface area contributed by atoms with E-state index in [4.69, 9.17) is 14.8 Å². The summed E-state index contributed by atoms with van der Waals surface area (Å²) in [6.07, 6.45) is 6.46. The van der Waals surface area contributed by atoms with Gasteiger partial charge in [-0.3, -0.25) is 4.68 Å². The largest absolute Gasteiger partial charge is 2.00 e. The van der Waals surface area contributed by atoms with E-state index in [2.05, 4.69) is 139 Å². The van der Waals surface area contributed by atoms with Crippen LogP contribution in [0.2, 0.25) is 0 Å². The summed E-state index contributed by atoms with van der Waals surface area (Å²) < 4.78 is 10.9. The second kappa shape index (κ2) is 16.3. The van der Waals surface area contributed by atoms with E-state index in [1.807, 2.05) is 29.1 Å². The summed E-state index contributed by atoms with van der Waals surface area (Å²) in [6.45, 7) is 17.8. The van der Waals surface area contributed by atoms with Gasteiger partial charge in [0.2, 0.25) is 0 Å². The van der Waals surface area contributed by atoms with Crippen molar-refractivity contribution < 1.29 is 25.8 Å². The molecule has 0 radical (unpaired) electrons. The number of aromatic nitrogens is 4. The third kappa shape index (κ3) is 8.06. The minimum atomic E-state index is 0. The summed E-state index contributed by atoms with van der Waals surface area (Å²) in [5.41, 5.74) is 11.0. The Balaban J connectivity index is 0.00000481. The van der Waals surface area contributed by atoms with E-state index < -0.39 is 0 Å². The number of hydrogen-bond donors (Lipinski definition) is 0. The van der Waals surface area contributed by atoms with Gasteiger partial charge in [0.25, 0.3) is 0 Å². The first-order chi connectivity index (χ1) is 25.1. The van der Waals surface area contributed by atoms with E-state index in [1.165, 1.54) is 35.8 Å². The molecule has 0 fully saturated rings. The van der Waals surface area contributed by atoms with E-state index in [0.717, 1.165) is 62.4 Å². The summed E-state index contributed by atoms with van der Waals surface area (Å²) in [5.74, 6) is 3.80. The first-order valence-corrected chi connectivity index (χ1v) is 18.9. The SMILES string of the molecule is CCCC(C)CC(C)c1ccc2c(c1)c1ccc(Oc3[c-]c(-n4nc(C)c(-c5ccccc5)c4C)cc(CC(C)C)c3)[c-]c1n2-c1cc(C)ccn1.[Pt+2]. The number of pyridine rings is 1. The van der Waals surface area contributed by atoms with Crippen molar-refractivity contribution in [2.45, 2.75) is 87.0 Å². The molecule has 4 aromatic carbocycles. The zero-order valence-corrected chi connectivity index (χ0v) is 34.5. The molecule has 3 heterocycles. The van der Waals surface area contributed by atoms with Crippen molar-refractivity contribution >= 4 is 21.8 Å². The van der Waals surface area contributed by atoms with Crippen LogP contribution in [0.1, 0.15) is 87.9 Å². The van der Waals surface area contributed by atoms with Gasteiger partial charge < -0.3 is 9.30 Å². The maximum absolute atomic E-state index is 6.69. The van der Waals surface area contributed by atoms with Crippen LogP contribution in [0.25, 0.3) is 44.4 Å². The molecule has 0 saturated heterocycles. The number of hydrogen-bond acceptors (Lipinski definition) is 3. The topological polar surface area (TPSA) is 44.9 Å². The number of rotatable bonds is 12. The molecule has 0 amide bonds. The van der Waals surface area contributed by atoms with E-state index in [1.54, 1.807) is 0 Å². The van der Waals surface area contributed by atoms with Crippen LogP contribution in [0.3, 0.4) is 0 Å². The number of benzene rings is 4. The predicted octanol–water partition coefficient (Wildman–Crippen LogP) is 12.5. The monoisotopic (exact) mass is 881 g/mol. The zero-order chi connectivity index (χ0) is 36.5. The molecule has 0 saturated carbocycles. The Morgan fingerprint density at radius 1 is 0.811 bits per heavy atom.